The SMILES string of the molecule is CC1CN(C2=NC(=O)/C(=C/c3ccc(C(C)(C)C)cc3)S2)CC(C)O1. The van der Waals surface area contributed by atoms with Gasteiger partial charge in [-0.15, -0.1) is 0 Å². The number of thioether (sulfide) groups is 1. The zero-order chi connectivity index (χ0) is 18.2. The van der Waals surface area contributed by atoms with E-state index in [1.807, 2.05) is 6.08 Å². The number of amides is 1. The van der Waals surface area contributed by atoms with Gasteiger partial charge in [-0.2, -0.15) is 4.99 Å². The first-order valence-electron chi connectivity index (χ1n) is 8.76. The quantitative estimate of drug-likeness (QED) is 0.710. The third-order valence-corrected chi connectivity index (χ3v) is 5.42. The van der Waals surface area contributed by atoms with Gasteiger partial charge in [0.05, 0.1) is 17.1 Å². The molecule has 3 rings (SSSR count). The number of aliphatic imine (C=N–C) groups is 1. The lowest BCUT2D eigenvalue weighted by Crippen LogP contribution is -2.47. The van der Waals surface area contributed by atoms with Gasteiger partial charge in [0.1, 0.15) is 0 Å². The van der Waals surface area contributed by atoms with Crippen molar-refractivity contribution in [3.63, 3.8) is 0 Å². The molecular weight excluding hydrogens is 332 g/mol. The molecule has 2 aliphatic heterocycles. The number of nitrogens with zero attached hydrogens (tertiary/aromatic N) is 2. The van der Waals surface area contributed by atoms with Gasteiger partial charge in [0.25, 0.3) is 5.91 Å². The monoisotopic (exact) mass is 358 g/mol. The van der Waals surface area contributed by atoms with E-state index in [4.69, 9.17) is 4.74 Å². The molecule has 0 aliphatic carbocycles. The van der Waals surface area contributed by atoms with Crippen molar-refractivity contribution < 1.29 is 9.53 Å². The Balaban J connectivity index is 1.73. The molecule has 4 nitrogen and oxygen atoms in total. The lowest BCUT2D eigenvalue weighted by Gasteiger charge is -2.35. The summed E-state index contributed by atoms with van der Waals surface area (Å²) in [5.41, 5.74) is 2.45. The van der Waals surface area contributed by atoms with Crippen molar-refractivity contribution in [3.8, 4) is 0 Å². The average Bonchev–Trinajstić information content (AvgIpc) is 2.87. The first-order chi connectivity index (χ1) is 11.7. The number of amidine groups is 1. The van der Waals surface area contributed by atoms with Gasteiger partial charge >= 0.3 is 0 Å². The summed E-state index contributed by atoms with van der Waals surface area (Å²) >= 11 is 1.47. The summed E-state index contributed by atoms with van der Waals surface area (Å²) in [5.74, 6) is -0.147. The van der Waals surface area contributed by atoms with Gasteiger partial charge < -0.3 is 9.64 Å². The van der Waals surface area contributed by atoms with E-state index in [1.54, 1.807) is 0 Å². The fraction of sp³-hybridized carbons (Fsp3) is 0.500. The van der Waals surface area contributed by atoms with Crippen molar-refractivity contribution in [2.24, 2.45) is 4.99 Å². The number of morpholine rings is 1. The lowest BCUT2D eigenvalue weighted by molar-refractivity contribution is -0.113. The lowest BCUT2D eigenvalue weighted by atomic mass is 9.87. The number of rotatable bonds is 1. The summed E-state index contributed by atoms with van der Waals surface area (Å²) in [5, 5.41) is 0.796. The molecule has 25 heavy (non-hydrogen) atoms. The second kappa shape index (κ2) is 6.96. The van der Waals surface area contributed by atoms with Crippen LogP contribution in [0.2, 0.25) is 0 Å². The fourth-order valence-corrected chi connectivity index (χ4v) is 4.03. The van der Waals surface area contributed by atoms with Gasteiger partial charge in [0, 0.05) is 13.1 Å². The Bertz CT molecular complexity index is 706. The molecule has 0 spiro atoms. The first kappa shape index (κ1) is 18.2. The topological polar surface area (TPSA) is 41.9 Å². The third-order valence-electron chi connectivity index (χ3n) is 4.37. The maximum Gasteiger partial charge on any atom is 0.286 e. The van der Waals surface area contributed by atoms with Crippen molar-refractivity contribution in [3.05, 3.63) is 40.3 Å². The summed E-state index contributed by atoms with van der Waals surface area (Å²) < 4.78 is 5.76. The summed E-state index contributed by atoms with van der Waals surface area (Å²) in [7, 11) is 0. The molecule has 1 amide bonds. The van der Waals surface area contributed by atoms with Crippen LogP contribution in [0.15, 0.2) is 34.2 Å². The molecule has 5 heteroatoms. The van der Waals surface area contributed by atoms with E-state index in [9.17, 15) is 4.79 Å². The van der Waals surface area contributed by atoms with Gasteiger partial charge in [0.15, 0.2) is 5.17 Å². The smallest absolute Gasteiger partial charge is 0.286 e. The molecule has 2 atom stereocenters. The highest BCUT2D eigenvalue weighted by molar-refractivity contribution is 8.18. The van der Waals surface area contributed by atoms with Crippen molar-refractivity contribution in [2.45, 2.75) is 52.2 Å². The maximum atomic E-state index is 12.3. The molecule has 1 aromatic rings. The second-order valence-corrected chi connectivity index (χ2v) is 8.85. The second-order valence-electron chi connectivity index (χ2n) is 7.84. The first-order valence-corrected chi connectivity index (χ1v) is 9.57. The molecule has 1 fully saturated rings. The van der Waals surface area contributed by atoms with Crippen LogP contribution in [0.1, 0.15) is 45.7 Å². The Kier molecular flexibility index (Phi) is 5.07. The highest BCUT2D eigenvalue weighted by Gasteiger charge is 2.31. The van der Waals surface area contributed by atoms with E-state index in [0.717, 1.165) is 23.8 Å². The van der Waals surface area contributed by atoms with Crippen LogP contribution < -0.4 is 0 Å². The zero-order valence-corrected chi connectivity index (χ0v) is 16.4. The standard InChI is InChI=1S/C20H26N2O2S/c1-13-11-22(12-14(2)24-13)19-21-18(23)17(25-19)10-15-6-8-16(9-7-15)20(3,4)5/h6-10,13-14H,11-12H2,1-5H3/b17-10-. The van der Waals surface area contributed by atoms with Gasteiger partial charge in [0.2, 0.25) is 0 Å². The van der Waals surface area contributed by atoms with Crippen LogP contribution in [0, 0.1) is 0 Å². The molecule has 2 unspecified atom stereocenters. The molecule has 0 saturated carbocycles. The highest BCUT2D eigenvalue weighted by atomic mass is 32.2. The van der Waals surface area contributed by atoms with Gasteiger partial charge in [-0.25, -0.2) is 0 Å². The van der Waals surface area contributed by atoms with E-state index in [2.05, 4.69) is 68.8 Å². The number of carbonyl (C=O) groups is 1. The normalized spacial score (nSPS) is 26.3. The van der Waals surface area contributed by atoms with Crippen LogP contribution in [0.4, 0.5) is 0 Å². The molecule has 0 N–H and O–H groups in total. The minimum absolute atomic E-state index is 0.129. The predicted molar refractivity (Wildman–Crippen MR) is 105 cm³/mol. The van der Waals surface area contributed by atoms with Gasteiger partial charge in [-0.3, -0.25) is 4.79 Å². The molecule has 2 aliphatic rings. The minimum Gasteiger partial charge on any atom is -0.372 e. The van der Waals surface area contributed by atoms with Crippen LogP contribution in [-0.2, 0) is 14.9 Å². The Morgan fingerprint density at radius 3 is 2.32 bits per heavy atom. The Morgan fingerprint density at radius 2 is 1.76 bits per heavy atom. The highest BCUT2D eigenvalue weighted by Crippen LogP contribution is 2.32. The summed E-state index contributed by atoms with van der Waals surface area (Å²) in [4.78, 5) is 19.4. The van der Waals surface area contributed by atoms with E-state index >= 15 is 0 Å². The van der Waals surface area contributed by atoms with Gasteiger partial charge in [-0.05, 0) is 48.2 Å². The van der Waals surface area contributed by atoms with E-state index in [-0.39, 0.29) is 23.5 Å². The van der Waals surface area contributed by atoms with E-state index < -0.39 is 0 Å². The molecule has 0 aromatic heterocycles. The number of benzene rings is 1. The fourth-order valence-electron chi connectivity index (χ4n) is 3.10. The zero-order valence-electron chi connectivity index (χ0n) is 15.6. The minimum atomic E-state index is -0.147. The Hall–Kier alpha value is -1.59. The number of hydrogen-bond acceptors (Lipinski definition) is 4. The number of carbonyl (C=O) groups excluding carboxylic acids is 1. The Labute approximate surface area is 154 Å². The largest absolute Gasteiger partial charge is 0.372 e. The molecule has 2 heterocycles. The average molecular weight is 359 g/mol. The van der Waals surface area contributed by atoms with Gasteiger partial charge in [-0.1, -0.05) is 45.0 Å². The van der Waals surface area contributed by atoms with E-state index in [0.29, 0.717) is 4.91 Å². The van der Waals surface area contributed by atoms with Crippen molar-refractivity contribution in [1.29, 1.82) is 0 Å². The summed E-state index contributed by atoms with van der Waals surface area (Å²) in [6.07, 6.45) is 2.24. The van der Waals surface area contributed by atoms with E-state index in [1.165, 1.54) is 17.3 Å². The summed E-state index contributed by atoms with van der Waals surface area (Å²) in [6, 6.07) is 8.39. The van der Waals surface area contributed by atoms with Crippen molar-refractivity contribution in [2.75, 3.05) is 13.1 Å². The van der Waals surface area contributed by atoms with Crippen LogP contribution in [-0.4, -0.2) is 41.3 Å². The Morgan fingerprint density at radius 1 is 1.16 bits per heavy atom. The molecular formula is C20H26N2O2S. The van der Waals surface area contributed by atoms with Crippen molar-refractivity contribution in [1.82, 2.24) is 4.90 Å². The molecule has 1 aromatic carbocycles. The van der Waals surface area contributed by atoms with Crippen LogP contribution in [0.3, 0.4) is 0 Å². The number of hydrogen-bond donors (Lipinski definition) is 0. The number of ether oxygens (including phenoxy) is 1. The molecule has 134 valence electrons. The molecule has 0 bridgehead atoms. The van der Waals surface area contributed by atoms with Crippen LogP contribution in [0.25, 0.3) is 6.08 Å². The third kappa shape index (κ3) is 4.33. The van der Waals surface area contributed by atoms with Crippen LogP contribution in [0.5, 0.6) is 0 Å². The summed E-state index contributed by atoms with van der Waals surface area (Å²) in [6.45, 7) is 12.2. The maximum absolute atomic E-state index is 12.3. The molecule has 1 saturated heterocycles. The molecule has 0 radical (unpaired) electrons. The predicted octanol–water partition coefficient (Wildman–Crippen LogP) is 4.06. The van der Waals surface area contributed by atoms with Crippen LogP contribution >= 0.6 is 11.8 Å². The van der Waals surface area contributed by atoms with Crippen molar-refractivity contribution >= 4 is 28.9 Å².